The third-order valence-corrected chi connectivity index (χ3v) is 4.07. The highest BCUT2D eigenvalue weighted by Crippen LogP contribution is 2.26. The number of pyridine rings is 1. The van der Waals surface area contributed by atoms with Crippen LogP contribution in [0.5, 0.6) is 0 Å². The number of hydrogen-bond donors (Lipinski definition) is 0. The van der Waals surface area contributed by atoms with E-state index in [4.69, 9.17) is 0 Å². The third kappa shape index (κ3) is 2.51. The van der Waals surface area contributed by atoms with Crippen molar-refractivity contribution >= 4 is 21.8 Å². The lowest BCUT2D eigenvalue weighted by Gasteiger charge is -2.25. The summed E-state index contributed by atoms with van der Waals surface area (Å²) in [5.41, 5.74) is 1.45. The summed E-state index contributed by atoms with van der Waals surface area (Å²) >= 11 is 3.50. The van der Waals surface area contributed by atoms with E-state index in [-0.39, 0.29) is 5.91 Å². The van der Waals surface area contributed by atoms with Gasteiger partial charge in [0.2, 0.25) is 0 Å². The molecule has 0 N–H and O–H groups in total. The van der Waals surface area contributed by atoms with Crippen molar-refractivity contribution in [2.45, 2.75) is 26.3 Å². The Balaban J connectivity index is 2.20. The van der Waals surface area contributed by atoms with Crippen LogP contribution in [0.4, 0.5) is 0 Å². The summed E-state index contributed by atoms with van der Waals surface area (Å²) in [5.74, 6) is 0.616. The van der Waals surface area contributed by atoms with Gasteiger partial charge >= 0.3 is 0 Å². The molecule has 2 rings (SSSR count). The first-order valence-corrected chi connectivity index (χ1v) is 7.06. The maximum absolute atomic E-state index is 12.4. The molecule has 3 nitrogen and oxygen atoms in total. The van der Waals surface area contributed by atoms with E-state index in [0.29, 0.717) is 17.7 Å². The van der Waals surface area contributed by atoms with Crippen molar-refractivity contribution in [3.63, 3.8) is 0 Å². The van der Waals surface area contributed by atoms with Gasteiger partial charge in [-0.25, -0.2) is 4.98 Å². The van der Waals surface area contributed by atoms with Gasteiger partial charge in [-0.2, -0.15) is 0 Å². The fourth-order valence-corrected chi connectivity index (χ4v) is 3.29. The van der Waals surface area contributed by atoms with Crippen LogP contribution in [-0.2, 0) is 0 Å². The zero-order valence-corrected chi connectivity index (χ0v) is 11.8. The first-order chi connectivity index (χ1) is 8.13. The molecule has 2 heterocycles. The Morgan fingerprint density at radius 1 is 1.59 bits per heavy atom. The summed E-state index contributed by atoms with van der Waals surface area (Å²) in [6.07, 6.45) is 1.08. The molecule has 1 aliphatic rings. The molecule has 1 saturated heterocycles. The molecule has 1 aliphatic heterocycles. The molecule has 4 heteroatoms. The van der Waals surface area contributed by atoms with Crippen LogP contribution in [0.2, 0.25) is 0 Å². The Hall–Kier alpha value is -0.900. The Labute approximate surface area is 110 Å². The smallest absolute Gasteiger partial charge is 0.272 e. The number of nitrogens with zero attached hydrogens (tertiary/aromatic N) is 2. The predicted molar refractivity (Wildman–Crippen MR) is 71.4 cm³/mol. The number of rotatable bonds is 2. The van der Waals surface area contributed by atoms with Crippen LogP contribution < -0.4 is 0 Å². The quantitative estimate of drug-likeness (QED) is 0.786. The molecule has 0 bridgehead atoms. The van der Waals surface area contributed by atoms with Gasteiger partial charge < -0.3 is 4.90 Å². The number of carbonyl (C=O) groups is 1. The summed E-state index contributed by atoms with van der Waals surface area (Å²) in [6, 6.07) is 5.89. The fourth-order valence-electron chi connectivity index (χ4n) is 2.30. The van der Waals surface area contributed by atoms with Gasteiger partial charge in [-0.3, -0.25) is 4.79 Å². The van der Waals surface area contributed by atoms with Crippen LogP contribution in [0.25, 0.3) is 0 Å². The molecule has 0 spiro atoms. The van der Waals surface area contributed by atoms with Gasteiger partial charge in [0.05, 0.1) is 0 Å². The van der Waals surface area contributed by atoms with Gasteiger partial charge in [0.1, 0.15) is 5.69 Å². The molecule has 1 fully saturated rings. The Bertz CT molecular complexity index is 422. The lowest BCUT2D eigenvalue weighted by Crippen LogP contribution is -2.39. The van der Waals surface area contributed by atoms with E-state index >= 15 is 0 Å². The minimum Gasteiger partial charge on any atom is -0.333 e. The molecule has 92 valence electrons. The SMILES string of the molecule is Cc1cccc(C(=O)N2CCC(C)C2CBr)n1. The number of halogens is 1. The third-order valence-electron chi connectivity index (χ3n) is 3.41. The summed E-state index contributed by atoms with van der Waals surface area (Å²) in [4.78, 5) is 18.6. The molecule has 0 radical (unpaired) electrons. The number of hydrogen-bond acceptors (Lipinski definition) is 2. The standard InChI is InChI=1S/C13H17BrN2O/c1-9-6-7-16(12(9)8-14)13(17)11-5-3-4-10(2)15-11/h3-5,9,12H,6-8H2,1-2H3. The fraction of sp³-hybridized carbons (Fsp3) is 0.538. The molecule has 2 atom stereocenters. The lowest BCUT2D eigenvalue weighted by atomic mass is 10.1. The highest BCUT2D eigenvalue weighted by atomic mass is 79.9. The molecule has 0 aliphatic carbocycles. The average Bonchev–Trinajstić information content (AvgIpc) is 2.69. The Morgan fingerprint density at radius 2 is 2.35 bits per heavy atom. The number of aromatic nitrogens is 1. The van der Waals surface area contributed by atoms with Crippen LogP contribution in [-0.4, -0.2) is 33.7 Å². The lowest BCUT2D eigenvalue weighted by molar-refractivity contribution is 0.0732. The maximum atomic E-state index is 12.4. The van der Waals surface area contributed by atoms with Crippen molar-refractivity contribution in [1.29, 1.82) is 0 Å². The molecule has 0 saturated carbocycles. The second-order valence-corrected chi connectivity index (χ2v) is 5.30. The number of amides is 1. The second-order valence-electron chi connectivity index (χ2n) is 4.65. The topological polar surface area (TPSA) is 33.2 Å². The zero-order chi connectivity index (χ0) is 12.4. The van der Waals surface area contributed by atoms with Gasteiger partial charge in [-0.1, -0.05) is 28.9 Å². The van der Waals surface area contributed by atoms with Crippen molar-refractivity contribution in [3.05, 3.63) is 29.6 Å². The van der Waals surface area contributed by atoms with Crippen molar-refractivity contribution in [2.24, 2.45) is 5.92 Å². The molecule has 1 aromatic rings. The van der Waals surface area contributed by atoms with Crippen LogP contribution >= 0.6 is 15.9 Å². The van der Waals surface area contributed by atoms with Crippen molar-refractivity contribution in [1.82, 2.24) is 9.88 Å². The van der Waals surface area contributed by atoms with Gasteiger partial charge in [0, 0.05) is 23.6 Å². The van der Waals surface area contributed by atoms with Gasteiger partial charge in [-0.05, 0) is 31.4 Å². The zero-order valence-electron chi connectivity index (χ0n) is 10.2. The molecular formula is C13H17BrN2O. The predicted octanol–water partition coefficient (Wildman–Crippen LogP) is 2.64. The van der Waals surface area contributed by atoms with Gasteiger partial charge in [0.25, 0.3) is 5.91 Å². The van der Waals surface area contributed by atoms with Crippen molar-refractivity contribution in [3.8, 4) is 0 Å². The molecule has 1 aromatic heterocycles. The molecule has 1 amide bonds. The summed E-state index contributed by atoms with van der Waals surface area (Å²) in [5, 5.41) is 0.839. The normalized spacial score (nSPS) is 24.1. The summed E-state index contributed by atoms with van der Waals surface area (Å²) in [6.45, 7) is 4.94. The summed E-state index contributed by atoms with van der Waals surface area (Å²) in [7, 11) is 0. The van der Waals surface area contributed by atoms with E-state index < -0.39 is 0 Å². The van der Waals surface area contributed by atoms with Gasteiger partial charge in [0.15, 0.2) is 0 Å². The van der Waals surface area contributed by atoms with E-state index in [0.717, 1.165) is 24.0 Å². The highest BCUT2D eigenvalue weighted by molar-refractivity contribution is 9.09. The van der Waals surface area contributed by atoms with E-state index in [1.165, 1.54) is 0 Å². The highest BCUT2D eigenvalue weighted by Gasteiger charge is 2.34. The number of likely N-dealkylation sites (tertiary alicyclic amines) is 1. The largest absolute Gasteiger partial charge is 0.333 e. The van der Waals surface area contributed by atoms with E-state index in [1.807, 2.05) is 24.0 Å². The monoisotopic (exact) mass is 296 g/mol. The Morgan fingerprint density at radius 3 is 3.00 bits per heavy atom. The maximum Gasteiger partial charge on any atom is 0.272 e. The number of alkyl halides is 1. The van der Waals surface area contributed by atoms with E-state index in [2.05, 4.69) is 27.8 Å². The van der Waals surface area contributed by atoms with Crippen molar-refractivity contribution in [2.75, 3.05) is 11.9 Å². The van der Waals surface area contributed by atoms with E-state index in [9.17, 15) is 4.79 Å². The molecule has 2 unspecified atom stereocenters. The minimum atomic E-state index is 0.0579. The molecule has 0 aromatic carbocycles. The van der Waals surface area contributed by atoms with Gasteiger partial charge in [-0.15, -0.1) is 0 Å². The summed E-state index contributed by atoms with van der Waals surface area (Å²) < 4.78 is 0. The molecular weight excluding hydrogens is 280 g/mol. The van der Waals surface area contributed by atoms with Crippen LogP contribution in [0, 0.1) is 12.8 Å². The van der Waals surface area contributed by atoms with Crippen molar-refractivity contribution < 1.29 is 4.79 Å². The molecule has 17 heavy (non-hydrogen) atoms. The number of carbonyl (C=O) groups excluding carboxylic acids is 1. The first-order valence-electron chi connectivity index (χ1n) is 5.94. The number of aryl methyl sites for hydroxylation is 1. The second kappa shape index (κ2) is 5.17. The minimum absolute atomic E-state index is 0.0579. The first kappa shape index (κ1) is 12.6. The average molecular weight is 297 g/mol. The van der Waals surface area contributed by atoms with Crippen LogP contribution in [0.3, 0.4) is 0 Å². The van der Waals surface area contributed by atoms with Crippen LogP contribution in [0.1, 0.15) is 29.5 Å². The Kier molecular flexibility index (Phi) is 3.82. The van der Waals surface area contributed by atoms with E-state index in [1.54, 1.807) is 6.07 Å². The van der Waals surface area contributed by atoms with Crippen LogP contribution in [0.15, 0.2) is 18.2 Å².